The van der Waals surface area contributed by atoms with Crippen LogP contribution in [0.5, 0.6) is 11.5 Å². The van der Waals surface area contributed by atoms with Crippen molar-refractivity contribution < 1.29 is 19.2 Å². The fourth-order valence-corrected chi connectivity index (χ4v) is 3.30. The summed E-state index contributed by atoms with van der Waals surface area (Å²) in [7, 11) is 5.33. The summed E-state index contributed by atoms with van der Waals surface area (Å²) in [4.78, 5) is 25.8. The van der Waals surface area contributed by atoms with Crippen LogP contribution in [0, 0.1) is 10.1 Å². The van der Waals surface area contributed by atoms with Gasteiger partial charge in [-0.05, 0) is 42.4 Å². The van der Waals surface area contributed by atoms with Gasteiger partial charge in [-0.25, -0.2) is 4.79 Å². The lowest BCUT2D eigenvalue weighted by Crippen LogP contribution is -2.26. The van der Waals surface area contributed by atoms with E-state index in [1.165, 1.54) is 17.0 Å². The number of nitro groups is 1. The molecule has 0 unspecified atom stereocenters. The Kier molecular flexibility index (Phi) is 6.68. The fourth-order valence-electron chi connectivity index (χ4n) is 3.30. The number of fused-ring (bicyclic) bond motifs is 1. The number of nitro benzene ring substituents is 1. The highest BCUT2D eigenvalue weighted by Crippen LogP contribution is 2.32. The largest absolute Gasteiger partial charge is 0.494 e. The van der Waals surface area contributed by atoms with Crippen LogP contribution in [0.15, 0.2) is 48.5 Å². The van der Waals surface area contributed by atoms with Crippen molar-refractivity contribution >= 4 is 17.9 Å². The van der Waals surface area contributed by atoms with Crippen molar-refractivity contribution in [3.05, 3.63) is 69.8 Å². The lowest BCUT2D eigenvalue weighted by molar-refractivity contribution is -0.384. The van der Waals surface area contributed by atoms with Gasteiger partial charge in [-0.15, -0.1) is 0 Å². The van der Waals surface area contributed by atoms with Gasteiger partial charge in [-0.1, -0.05) is 18.2 Å². The number of carbonyl (C=O) groups is 1. The van der Waals surface area contributed by atoms with Crippen LogP contribution in [-0.4, -0.2) is 55.1 Å². The van der Waals surface area contributed by atoms with Crippen molar-refractivity contribution in [1.29, 1.82) is 0 Å². The van der Waals surface area contributed by atoms with Crippen molar-refractivity contribution in [2.45, 2.75) is 12.5 Å². The summed E-state index contributed by atoms with van der Waals surface area (Å²) in [6.45, 7) is 1.24. The SMILES string of the molecule is CN(C)C(=O)Oc1ccc2c(c1)C=CCN(C)[C@H]2CCOc1ccc([N+](=O)[O-])cc1. The van der Waals surface area contributed by atoms with Gasteiger partial charge < -0.3 is 14.4 Å². The summed E-state index contributed by atoms with van der Waals surface area (Å²) in [5, 5.41) is 10.8. The molecule has 0 spiro atoms. The number of hydrogen-bond acceptors (Lipinski definition) is 6. The maximum atomic E-state index is 11.8. The quantitative estimate of drug-likeness (QED) is 0.525. The van der Waals surface area contributed by atoms with Crippen LogP contribution in [0.25, 0.3) is 6.08 Å². The van der Waals surface area contributed by atoms with E-state index in [1.54, 1.807) is 32.3 Å². The molecule has 1 atom stereocenters. The molecule has 0 N–H and O–H groups in total. The molecule has 0 bridgehead atoms. The highest BCUT2D eigenvalue weighted by molar-refractivity contribution is 5.70. The van der Waals surface area contributed by atoms with E-state index in [1.807, 2.05) is 18.2 Å². The molecule has 1 amide bonds. The number of likely N-dealkylation sites (N-methyl/N-ethyl adjacent to an activating group) is 1. The molecule has 0 aliphatic carbocycles. The lowest BCUT2D eigenvalue weighted by atomic mass is 9.97. The summed E-state index contributed by atoms with van der Waals surface area (Å²) in [5.41, 5.74) is 2.17. The summed E-state index contributed by atoms with van der Waals surface area (Å²) in [6, 6.07) is 11.9. The van der Waals surface area contributed by atoms with E-state index in [0.717, 1.165) is 24.1 Å². The normalized spacial score (nSPS) is 15.8. The number of benzene rings is 2. The molecule has 0 fully saturated rings. The average molecular weight is 411 g/mol. The molecule has 0 aromatic heterocycles. The van der Waals surface area contributed by atoms with Gasteiger partial charge in [0.25, 0.3) is 5.69 Å². The summed E-state index contributed by atoms with van der Waals surface area (Å²) >= 11 is 0. The molecule has 0 radical (unpaired) electrons. The minimum atomic E-state index is -0.432. The van der Waals surface area contributed by atoms with Crippen LogP contribution in [0.1, 0.15) is 23.6 Å². The van der Waals surface area contributed by atoms with Gasteiger partial charge in [-0.2, -0.15) is 0 Å². The zero-order chi connectivity index (χ0) is 21.7. The van der Waals surface area contributed by atoms with Gasteiger partial charge in [0.05, 0.1) is 11.5 Å². The van der Waals surface area contributed by atoms with E-state index >= 15 is 0 Å². The van der Waals surface area contributed by atoms with Crippen LogP contribution in [-0.2, 0) is 0 Å². The van der Waals surface area contributed by atoms with Gasteiger partial charge in [0.2, 0.25) is 0 Å². The second-order valence-corrected chi connectivity index (χ2v) is 7.30. The number of amides is 1. The van der Waals surface area contributed by atoms with Gasteiger partial charge in [0.1, 0.15) is 11.5 Å². The van der Waals surface area contributed by atoms with Crippen molar-refractivity contribution in [3.63, 3.8) is 0 Å². The van der Waals surface area contributed by atoms with E-state index in [0.29, 0.717) is 18.1 Å². The maximum absolute atomic E-state index is 11.8. The van der Waals surface area contributed by atoms with Crippen LogP contribution in [0.4, 0.5) is 10.5 Å². The Balaban J connectivity index is 1.69. The summed E-state index contributed by atoms with van der Waals surface area (Å²) in [6.07, 6.45) is 4.43. The number of non-ortho nitro benzene ring substituents is 1. The predicted octanol–water partition coefficient (Wildman–Crippen LogP) is 4.12. The van der Waals surface area contributed by atoms with E-state index in [-0.39, 0.29) is 11.7 Å². The Morgan fingerprint density at radius 1 is 1.20 bits per heavy atom. The highest BCUT2D eigenvalue weighted by atomic mass is 16.6. The third kappa shape index (κ3) is 5.15. The molecule has 0 saturated heterocycles. The average Bonchev–Trinajstić information content (AvgIpc) is 2.86. The van der Waals surface area contributed by atoms with E-state index in [4.69, 9.17) is 9.47 Å². The predicted molar refractivity (Wildman–Crippen MR) is 114 cm³/mol. The summed E-state index contributed by atoms with van der Waals surface area (Å²) < 4.78 is 11.2. The third-order valence-corrected chi connectivity index (χ3v) is 4.92. The van der Waals surface area contributed by atoms with Crippen molar-refractivity contribution in [2.24, 2.45) is 0 Å². The van der Waals surface area contributed by atoms with Crippen LogP contribution in [0.3, 0.4) is 0 Å². The zero-order valence-corrected chi connectivity index (χ0v) is 17.3. The minimum Gasteiger partial charge on any atom is -0.494 e. The molecule has 1 heterocycles. The fraction of sp³-hybridized carbons (Fsp3) is 0.318. The number of rotatable bonds is 6. The maximum Gasteiger partial charge on any atom is 0.414 e. The Morgan fingerprint density at radius 3 is 2.57 bits per heavy atom. The number of hydrogen-bond donors (Lipinski definition) is 0. The van der Waals surface area contributed by atoms with Gasteiger partial charge in [0, 0.05) is 45.2 Å². The Hall–Kier alpha value is -3.39. The number of nitrogens with zero attached hydrogens (tertiary/aromatic N) is 3. The topological polar surface area (TPSA) is 85.2 Å². The summed E-state index contributed by atoms with van der Waals surface area (Å²) in [5.74, 6) is 1.10. The van der Waals surface area contributed by atoms with Gasteiger partial charge in [0.15, 0.2) is 0 Å². The van der Waals surface area contributed by atoms with Crippen LogP contribution in [0.2, 0.25) is 0 Å². The van der Waals surface area contributed by atoms with Crippen molar-refractivity contribution in [3.8, 4) is 11.5 Å². The molecule has 1 aliphatic heterocycles. The molecule has 30 heavy (non-hydrogen) atoms. The van der Waals surface area contributed by atoms with Crippen molar-refractivity contribution in [2.75, 3.05) is 34.3 Å². The van der Waals surface area contributed by atoms with Gasteiger partial charge in [-0.3, -0.25) is 15.0 Å². The number of carbonyl (C=O) groups excluding carboxylic acids is 1. The molecule has 1 aliphatic rings. The molecular formula is C22H25N3O5. The first-order chi connectivity index (χ1) is 14.3. The van der Waals surface area contributed by atoms with Crippen molar-refractivity contribution in [1.82, 2.24) is 9.80 Å². The van der Waals surface area contributed by atoms with E-state index in [9.17, 15) is 14.9 Å². The monoisotopic (exact) mass is 411 g/mol. The molecule has 3 rings (SSSR count). The molecule has 158 valence electrons. The Bertz CT molecular complexity index is 940. The second kappa shape index (κ2) is 9.41. The van der Waals surface area contributed by atoms with Gasteiger partial charge >= 0.3 is 6.09 Å². The highest BCUT2D eigenvalue weighted by Gasteiger charge is 2.22. The standard InChI is InChI=1S/C22H25N3O5/c1-23(2)22(26)30-19-10-11-20-16(15-19)5-4-13-24(3)21(20)12-14-29-18-8-6-17(7-9-18)25(27)28/h4-11,15,21H,12-14H2,1-3H3/t21-/m0/s1. The first kappa shape index (κ1) is 21.3. The van der Waals surface area contributed by atoms with E-state index < -0.39 is 11.0 Å². The lowest BCUT2D eigenvalue weighted by Gasteiger charge is -2.27. The number of ether oxygens (including phenoxy) is 2. The molecule has 2 aromatic carbocycles. The Labute approximate surface area is 175 Å². The molecule has 0 saturated carbocycles. The first-order valence-electron chi connectivity index (χ1n) is 9.62. The zero-order valence-electron chi connectivity index (χ0n) is 17.3. The molecule has 8 heteroatoms. The molecule has 8 nitrogen and oxygen atoms in total. The second-order valence-electron chi connectivity index (χ2n) is 7.30. The molecular weight excluding hydrogens is 386 g/mol. The van der Waals surface area contributed by atoms with Crippen LogP contribution < -0.4 is 9.47 Å². The smallest absolute Gasteiger partial charge is 0.414 e. The molecule has 2 aromatic rings. The Morgan fingerprint density at radius 2 is 1.90 bits per heavy atom. The first-order valence-corrected chi connectivity index (χ1v) is 9.62. The van der Waals surface area contributed by atoms with E-state index in [2.05, 4.69) is 18.0 Å². The van der Waals surface area contributed by atoms with Crippen LogP contribution >= 0.6 is 0 Å². The minimum absolute atomic E-state index is 0.0385. The third-order valence-electron chi connectivity index (χ3n) is 4.92.